The second kappa shape index (κ2) is 5.07. The molecule has 0 fully saturated rings. The van der Waals surface area contributed by atoms with Gasteiger partial charge in [0, 0.05) is 6.42 Å². The van der Waals surface area contributed by atoms with Crippen molar-refractivity contribution < 1.29 is 29.3 Å². The molecule has 1 aromatic heterocycles. The Labute approximate surface area is 130 Å². The predicted octanol–water partition coefficient (Wildman–Crippen LogP) is 0.475. The number of aliphatic hydroxyl groups excluding tert-OH is 1. The number of ether oxygens (including phenoxy) is 1. The number of aromatic hydroxyl groups is 1. The quantitative estimate of drug-likeness (QED) is 0.654. The van der Waals surface area contributed by atoms with E-state index in [0.29, 0.717) is 5.56 Å². The summed E-state index contributed by atoms with van der Waals surface area (Å²) in [6.07, 6.45) is -1.24. The third-order valence-electron chi connectivity index (χ3n) is 4.29. The molecule has 0 bridgehead atoms. The SMILES string of the molecule is COC(=O)[C@@]1(O)c2c(oc3cc(C)c(O)cc3c2=O)CC[C@H]1O. The van der Waals surface area contributed by atoms with Crippen LogP contribution in [-0.4, -0.2) is 34.5 Å². The van der Waals surface area contributed by atoms with E-state index in [1.807, 2.05) is 0 Å². The van der Waals surface area contributed by atoms with Gasteiger partial charge >= 0.3 is 5.97 Å². The van der Waals surface area contributed by atoms with E-state index in [4.69, 9.17) is 4.42 Å². The number of hydrogen-bond donors (Lipinski definition) is 3. The van der Waals surface area contributed by atoms with Crippen LogP contribution in [0.3, 0.4) is 0 Å². The van der Waals surface area contributed by atoms with Gasteiger partial charge in [-0.25, -0.2) is 4.79 Å². The molecule has 0 radical (unpaired) electrons. The molecule has 1 aliphatic carbocycles. The molecule has 0 unspecified atom stereocenters. The van der Waals surface area contributed by atoms with Crippen LogP contribution in [-0.2, 0) is 21.6 Å². The normalized spacial score (nSPS) is 23.6. The lowest BCUT2D eigenvalue weighted by Crippen LogP contribution is -2.53. The van der Waals surface area contributed by atoms with Crippen LogP contribution in [0.2, 0.25) is 0 Å². The average molecular weight is 320 g/mol. The van der Waals surface area contributed by atoms with Crippen LogP contribution in [0.1, 0.15) is 23.3 Å². The van der Waals surface area contributed by atoms with Crippen LogP contribution in [0, 0.1) is 6.92 Å². The molecule has 3 N–H and O–H groups in total. The maximum Gasteiger partial charge on any atom is 0.345 e. The summed E-state index contributed by atoms with van der Waals surface area (Å²) in [5.74, 6) is -1.11. The highest BCUT2D eigenvalue weighted by Crippen LogP contribution is 2.37. The van der Waals surface area contributed by atoms with E-state index in [9.17, 15) is 24.9 Å². The van der Waals surface area contributed by atoms with Gasteiger partial charge in [-0.2, -0.15) is 0 Å². The lowest BCUT2D eigenvalue weighted by atomic mass is 9.79. The zero-order valence-electron chi connectivity index (χ0n) is 12.6. The van der Waals surface area contributed by atoms with Crippen molar-refractivity contribution in [2.75, 3.05) is 7.11 Å². The van der Waals surface area contributed by atoms with Gasteiger partial charge in [0.15, 0.2) is 5.43 Å². The average Bonchev–Trinajstić information content (AvgIpc) is 2.52. The Morgan fingerprint density at radius 2 is 2.13 bits per heavy atom. The summed E-state index contributed by atoms with van der Waals surface area (Å²) in [5.41, 5.74) is -2.73. The number of phenolic OH excluding ortho intramolecular Hbond substituents is 1. The summed E-state index contributed by atoms with van der Waals surface area (Å²) in [5, 5.41) is 30.6. The van der Waals surface area contributed by atoms with E-state index >= 15 is 0 Å². The lowest BCUT2D eigenvalue weighted by molar-refractivity contribution is -0.180. The van der Waals surface area contributed by atoms with E-state index in [0.717, 1.165) is 7.11 Å². The van der Waals surface area contributed by atoms with Crippen LogP contribution in [0.15, 0.2) is 21.3 Å². The first-order valence-corrected chi connectivity index (χ1v) is 7.09. The summed E-state index contributed by atoms with van der Waals surface area (Å²) in [6, 6.07) is 2.73. The zero-order valence-corrected chi connectivity index (χ0v) is 12.6. The molecule has 7 heteroatoms. The smallest absolute Gasteiger partial charge is 0.345 e. The van der Waals surface area contributed by atoms with E-state index in [-0.39, 0.29) is 40.9 Å². The van der Waals surface area contributed by atoms with Gasteiger partial charge in [-0.3, -0.25) is 4.79 Å². The number of phenols is 1. The topological polar surface area (TPSA) is 117 Å². The van der Waals surface area contributed by atoms with Gasteiger partial charge < -0.3 is 24.5 Å². The Hall–Kier alpha value is -2.38. The molecule has 3 rings (SSSR count). The Morgan fingerprint density at radius 3 is 2.78 bits per heavy atom. The fraction of sp³-hybridized carbons (Fsp3) is 0.375. The number of aryl methyl sites for hydroxylation is 2. The summed E-state index contributed by atoms with van der Waals surface area (Å²) in [7, 11) is 1.05. The number of hydrogen-bond acceptors (Lipinski definition) is 7. The first-order valence-electron chi connectivity index (χ1n) is 7.09. The molecule has 0 spiro atoms. The summed E-state index contributed by atoms with van der Waals surface area (Å²) in [6.45, 7) is 1.66. The standard InChI is InChI=1S/C16H16O7/c1-7-5-11-8(6-9(7)17)14(19)13-10(23-11)3-4-12(18)16(13,21)15(20)22-2/h5-6,12,17-18,21H,3-4H2,1-2H3/t12-,16+/m1/s1. The van der Waals surface area contributed by atoms with Crippen molar-refractivity contribution in [3.63, 3.8) is 0 Å². The largest absolute Gasteiger partial charge is 0.508 e. The van der Waals surface area contributed by atoms with E-state index in [2.05, 4.69) is 4.74 Å². The first-order chi connectivity index (χ1) is 10.8. The van der Waals surface area contributed by atoms with Gasteiger partial charge in [0.05, 0.1) is 24.2 Å². The van der Waals surface area contributed by atoms with E-state index in [1.54, 1.807) is 6.92 Å². The third-order valence-corrected chi connectivity index (χ3v) is 4.29. The van der Waals surface area contributed by atoms with Crippen molar-refractivity contribution in [1.29, 1.82) is 0 Å². The summed E-state index contributed by atoms with van der Waals surface area (Å²) >= 11 is 0. The Kier molecular flexibility index (Phi) is 3.42. The minimum atomic E-state index is -2.49. The molecule has 0 amide bonds. The molecular formula is C16H16O7. The van der Waals surface area contributed by atoms with Crippen molar-refractivity contribution in [3.8, 4) is 5.75 Å². The van der Waals surface area contributed by atoms with Crippen LogP contribution >= 0.6 is 0 Å². The Morgan fingerprint density at radius 1 is 1.43 bits per heavy atom. The second-order valence-corrected chi connectivity index (χ2v) is 5.68. The number of esters is 1. The molecular weight excluding hydrogens is 304 g/mol. The van der Waals surface area contributed by atoms with E-state index in [1.165, 1.54) is 12.1 Å². The minimum Gasteiger partial charge on any atom is -0.508 e. The first kappa shape index (κ1) is 15.5. The maximum absolute atomic E-state index is 12.8. The number of carbonyl (C=O) groups excluding carboxylic acids is 1. The highest BCUT2D eigenvalue weighted by molar-refractivity contribution is 5.86. The van der Waals surface area contributed by atoms with Gasteiger partial charge in [-0.1, -0.05) is 0 Å². The van der Waals surface area contributed by atoms with Crippen molar-refractivity contribution in [1.82, 2.24) is 0 Å². The van der Waals surface area contributed by atoms with Crippen molar-refractivity contribution in [2.24, 2.45) is 0 Å². The highest BCUT2D eigenvalue weighted by Gasteiger charge is 2.52. The van der Waals surface area contributed by atoms with Gasteiger partial charge in [0.1, 0.15) is 17.1 Å². The molecule has 0 saturated carbocycles. The summed E-state index contributed by atoms with van der Waals surface area (Å²) in [4.78, 5) is 24.8. The number of carbonyl (C=O) groups is 1. The Balaban J connectivity index is 2.40. The molecule has 1 aliphatic rings. The number of aliphatic hydroxyl groups is 2. The predicted molar refractivity (Wildman–Crippen MR) is 79.1 cm³/mol. The van der Waals surface area contributed by atoms with Crippen LogP contribution in [0.5, 0.6) is 5.75 Å². The zero-order chi connectivity index (χ0) is 16.9. The van der Waals surface area contributed by atoms with Crippen LogP contribution in [0.4, 0.5) is 0 Å². The van der Waals surface area contributed by atoms with Gasteiger partial charge in [0.2, 0.25) is 5.60 Å². The molecule has 0 saturated heterocycles. The van der Waals surface area contributed by atoms with E-state index < -0.39 is 23.1 Å². The fourth-order valence-electron chi connectivity index (χ4n) is 2.98. The number of fused-ring (bicyclic) bond motifs is 2. The molecule has 7 nitrogen and oxygen atoms in total. The van der Waals surface area contributed by atoms with Crippen molar-refractivity contribution >= 4 is 16.9 Å². The maximum atomic E-state index is 12.8. The van der Waals surface area contributed by atoms with Crippen molar-refractivity contribution in [3.05, 3.63) is 39.2 Å². The molecule has 2 atom stereocenters. The van der Waals surface area contributed by atoms with Gasteiger partial charge in [-0.15, -0.1) is 0 Å². The molecule has 1 heterocycles. The minimum absolute atomic E-state index is 0.0169. The second-order valence-electron chi connectivity index (χ2n) is 5.68. The molecule has 23 heavy (non-hydrogen) atoms. The number of benzene rings is 1. The molecule has 1 aromatic carbocycles. The Bertz CT molecular complexity index is 867. The van der Waals surface area contributed by atoms with Crippen molar-refractivity contribution in [2.45, 2.75) is 31.5 Å². The highest BCUT2D eigenvalue weighted by atomic mass is 16.5. The molecule has 2 aromatic rings. The summed E-state index contributed by atoms with van der Waals surface area (Å²) < 4.78 is 10.2. The molecule has 122 valence electrons. The third kappa shape index (κ3) is 2.04. The van der Waals surface area contributed by atoms with Gasteiger partial charge in [-0.05, 0) is 31.0 Å². The lowest BCUT2D eigenvalue weighted by Gasteiger charge is -2.34. The monoisotopic (exact) mass is 320 g/mol. The van der Waals surface area contributed by atoms with Gasteiger partial charge in [0.25, 0.3) is 0 Å². The number of methoxy groups -OCH3 is 1. The fourth-order valence-corrected chi connectivity index (χ4v) is 2.98. The van der Waals surface area contributed by atoms with Crippen LogP contribution < -0.4 is 5.43 Å². The number of rotatable bonds is 1. The van der Waals surface area contributed by atoms with Crippen LogP contribution in [0.25, 0.3) is 11.0 Å². The molecule has 0 aliphatic heterocycles.